The van der Waals surface area contributed by atoms with Gasteiger partial charge in [0.25, 0.3) is 5.91 Å². The fourth-order valence-electron chi connectivity index (χ4n) is 7.88. The van der Waals surface area contributed by atoms with Crippen molar-refractivity contribution in [2.24, 2.45) is 23.7 Å². The second-order valence-electron chi connectivity index (χ2n) is 14.1. The van der Waals surface area contributed by atoms with E-state index in [-0.39, 0.29) is 5.92 Å². The van der Waals surface area contributed by atoms with E-state index in [1.54, 1.807) is 13.0 Å². The lowest BCUT2D eigenvalue weighted by Gasteiger charge is -2.46. The minimum Gasteiger partial charge on any atom is -0.487 e. The molecule has 3 heterocycles. The molecule has 3 aliphatic heterocycles. The Bertz CT molecular complexity index is 1480. The molecular weight excluding hydrogens is 622 g/mol. The number of benzene rings is 2. The summed E-state index contributed by atoms with van der Waals surface area (Å²) in [5.41, 5.74) is 3.52. The zero-order valence-electron chi connectivity index (χ0n) is 27.4. The van der Waals surface area contributed by atoms with Gasteiger partial charge in [-0.25, -0.2) is 13.1 Å². The van der Waals surface area contributed by atoms with Crippen molar-refractivity contribution in [3.8, 4) is 5.75 Å². The molecule has 2 aromatic carbocycles. The quantitative estimate of drug-likeness (QED) is 0.401. The van der Waals surface area contributed by atoms with Gasteiger partial charge in [-0.05, 0) is 117 Å². The molecule has 2 bridgehead atoms. The Morgan fingerprint density at radius 1 is 0.935 bits per heavy atom. The van der Waals surface area contributed by atoms with Gasteiger partial charge in [-0.3, -0.25) is 9.69 Å². The topological polar surface area (TPSA) is 88.2 Å². The maximum atomic E-state index is 13.5. The Hall–Kier alpha value is -2.33. The lowest BCUT2D eigenvalue weighted by Crippen LogP contribution is -2.47. The number of fused-ring (bicyclic) bond motifs is 3. The van der Waals surface area contributed by atoms with E-state index in [4.69, 9.17) is 21.1 Å². The summed E-state index contributed by atoms with van der Waals surface area (Å²) in [5.74, 6) is 1.80. The third-order valence-corrected chi connectivity index (χ3v) is 13.3. The number of nitrogens with one attached hydrogen (secondary N) is 1. The summed E-state index contributed by atoms with van der Waals surface area (Å²) in [6.45, 7) is 10.5. The second-order valence-corrected chi connectivity index (χ2v) is 16.5. The Labute approximate surface area is 280 Å². The van der Waals surface area contributed by atoms with Crippen LogP contribution < -0.4 is 14.4 Å². The summed E-state index contributed by atoms with van der Waals surface area (Å²) in [4.78, 5) is 18.5. The summed E-state index contributed by atoms with van der Waals surface area (Å²) in [6, 6.07) is 11.4. The van der Waals surface area contributed by atoms with E-state index in [1.165, 1.54) is 18.4 Å². The number of sulfonamides is 1. The van der Waals surface area contributed by atoms with Crippen molar-refractivity contribution in [3.05, 3.63) is 58.1 Å². The number of morpholine rings is 1. The maximum absolute atomic E-state index is 13.5. The van der Waals surface area contributed by atoms with E-state index < -0.39 is 21.2 Å². The van der Waals surface area contributed by atoms with Gasteiger partial charge in [0.2, 0.25) is 10.0 Å². The van der Waals surface area contributed by atoms with Crippen LogP contribution in [0.1, 0.15) is 80.3 Å². The Kier molecular flexibility index (Phi) is 10.8. The smallest absolute Gasteiger partial charge is 0.264 e. The molecule has 0 spiro atoms. The third kappa shape index (κ3) is 7.86. The maximum Gasteiger partial charge on any atom is 0.264 e. The van der Waals surface area contributed by atoms with E-state index in [0.717, 1.165) is 101 Å². The van der Waals surface area contributed by atoms with Gasteiger partial charge in [-0.1, -0.05) is 31.0 Å². The van der Waals surface area contributed by atoms with Gasteiger partial charge in [-0.2, -0.15) is 0 Å². The largest absolute Gasteiger partial charge is 0.487 e. The molecule has 252 valence electrons. The molecule has 4 aliphatic rings. The second kappa shape index (κ2) is 14.8. The van der Waals surface area contributed by atoms with Gasteiger partial charge < -0.3 is 14.4 Å². The first-order chi connectivity index (χ1) is 22.2. The standard InChI is InChI=1S/C36H50ClN3O5S/c1-25-6-5-8-29(22-39-16-18-44-19-17-39)33-13-10-30(33)23-40-15-4-3-7-27-20-32(37)12-9-31(27)24-45-35-14-11-28(21-34(35)40)36(41)38-46(42,43)26(25)2/h9,11-12,14,20-21,25-26,29-30,33H,3-8,10,13,15-19,22-24H2,1-2H3,(H,38,41)/t25-,26+,29+,30-,33-/m0/s1. The van der Waals surface area contributed by atoms with Crippen molar-refractivity contribution < 1.29 is 22.7 Å². The zero-order valence-corrected chi connectivity index (χ0v) is 29.0. The Morgan fingerprint density at radius 2 is 1.76 bits per heavy atom. The number of carbonyl (C=O) groups excluding carboxylic acids is 1. The van der Waals surface area contributed by atoms with Crippen molar-refractivity contribution in [1.82, 2.24) is 9.62 Å². The van der Waals surface area contributed by atoms with Crippen molar-refractivity contribution in [2.45, 2.75) is 77.1 Å². The SMILES string of the molecule is C[C@@H]1[C@@H](C)CCC[C@H](CN2CCOCC2)[C@@H]2CC[C@H]2CN2CCCCc3cc(Cl)ccc3COc3ccc(cc32)C(=O)NS1(=O)=O. The minimum absolute atomic E-state index is 0.0616. The minimum atomic E-state index is -3.86. The number of halogens is 1. The average molecular weight is 672 g/mol. The van der Waals surface area contributed by atoms with E-state index >= 15 is 0 Å². The highest BCUT2D eigenvalue weighted by Gasteiger charge is 2.39. The van der Waals surface area contributed by atoms with Crippen molar-refractivity contribution in [1.29, 1.82) is 0 Å². The van der Waals surface area contributed by atoms with E-state index in [9.17, 15) is 13.2 Å². The molecule has 8 nitrogen and oxygen atoms in total. The summed E-state index contributed by atoms with van der Waals surface area (Å²) >= 11 is 6.37. The number of nitrogens with zero attached hydrogens (tertiary/aromatic N) is 2. The molecule has 1 amide bonds. The molecule has 46 heavy (non-hydrogen) atoms. The summed E-state index contributed by atoms with van der Waals surface area (Å²) < 4.78 is 41.4. The van der Waals surface area contributed by atoms with Crippen LogP contribution in [0.4, 0.5) is 5.69 Å². The highest BCUT2D eigenvalue weighted by Crippen LogP contribution is 2.44. The molecule has 1 saturated heterocycles. The first kappa shape index (κ1) is 33.6. The van der Waals surface area contributed by atoms with Gasteiger partial charge in [-0.15, -0.1) is 0 Å². The molecule has 1 saturated carbocycles. The Morgan fingerprint density at radius 3 is 2.54 bits per heavy atom. The van der Waals surface area contributed by atoms with Gasteiger partial charge >= 0.3 is 0 Å². The fourth-order valence-corrected chi connectivity index (χ4v) is 9.39. The van der Waals surface area contributed by atoms with Crippen LogP contribution in [-0.4, -0.2) is 70.4 Å². The molecule has 5 atom stereocenters. The number of hydrogen-bond acceptors (Lipinski definition) is 7. The zero-order chi connectivity index (χ0) is 32.3. The van der Waals surface area contributed by atoms with Gasteiger partial charge in [0.05, 0.1) is 24.2 Å². The molecule has 0 radical (unpaired) electrons. The molecule has 1 aliphatic carbocycles. The number of hydrogen-bond donors (Lipinski definition) is 1. The number of aryl methyl sites for hydroxylation is 1. The number of rotatable bonds is 2. The molecule has 0 aromatic heterocycles. The van der Waals surface area contributed by atoms with Crippen molar-refractivity contribution in [2.75, 3.05) is 50.8 Å². The van der Waals surface area contributed by atoms with Gasteiger partial charge in [0, 0.05) is 43.3 Å². The van der Waals surface area contributed by atoms with Gasteiger partial charge in [0.1, 0.15) is 12.4 Å². The van der Waals surface area contributed by atoms with Crippen molar-refractivity contribution >= 4 is 33.2 Å². The van der Waals surface area contributed by atoms with Gasteiger partial charge in [0.15, 0.2) is 0 Å². The van der Waals surface area contributed by atoms with Crippen LogP contribution in [0, 0.1) is 23.7 Å². The van der Waals surface area contributed by atoms with Crippen LogP contribution in [0.2, 0.25) is 5.02 Å². The molecule has 2 fully saturated rings. The van der Waals surface area contributed by atoms with Crippen LogP contribution in [0.25, 0.3) is 0 Å². The molecule has 2 aromatic rings. The summed E-state index contributed by atoms with van der Waals surface area (Å²) in [7, 11) is -3.86. The highest BCUT2D eigenvalue weighted by molar-refractivity contribution is 7.90. The number of anilines is 1. The molecular formula is C36H50ClN3O5S. The van der Waals surface area contributed by atoms with E-state index in [1.807, 2.05) is 37.3 Å². The number of ether oxygens (including phenoxy) is 2. The summed E-state index contributed by atoms with van der Waals surface area (Å²) in [5, 5.41) is 0.0591. The molecule has 6 rings (SSSR count). The first-order valence-electron chi connectivity index (χ1n) is 17.3. The highest BCUT2D eigenvalue weighted by atomic mass is 35.5. The van der Waals surface area contributed by atoms with Crippen LogP contribution >= 0.6 is 11.6 Å². The van der Waals surface area contributed by atoms with Crippen molar-refractivity contribution in [3.63, 3.8) is 0 Å². The molecule has 10 heteroatoms. The molecule has 1 N–H and O–H groups in total. The predicted octanol–water partition coefficient (Wildman–Crippen LogP) is 6.30. The monoisotopic (exact) mass is 671 g/mol. The van der Waals surface area contributed by atoms with Crippen LogP contribution in [0.3, 0.4) is 0 Å². The van der Waals surface area contributed by atoms with Crippen LogP contribution in [-0.2, 0) is 27.8 Å². The average Bonchev–Trinajstić information content (AvgIpc) is 3.05. The lowest BCUT2D eigenvalue weighted by molar-refractivity contribution is 0.00835. The summed E-state index contributed by atoms with van der Waals surface area (Å²) in [6.07, 6.45) is 8.26. The lowest BCUT2D eigenvalue weighted by atomic mass is 9.65. The molecule has 0 unspecified atom stereocenters. The van der Waals surface area contributed by atoms with E-state index in [2.05, 4.69) is 14.5 Å². The van der Waals surface area contributed by atoms with E-state index in [0.29, 0.717) is 35.7 Å². The Balaban J connectivity index is 1.35. The van der Waals surface area contributed by atoms with Crippen LogP contribution in [0.5, 0.6) is 5.75 Å². The first-order valence-corrected chi connectivity index (χ1v) is 19.3. The predicted molar refractivity (Wildman–Crippen MR) is 183 cm³/mol. The normalized spacial score (nSPS) is 29.6. The number of carbonyl (C=O) groups is 1. The fraction of sp³-hybridized carbons (Fsp3) is 0.639. The number of amides is 1. The van der Waals surface area contributed by atoms with Crippen LogP contribution in [0.15, 0.2) is 36.4 Å². The third-order valence-electron chi connectivity index (χ3n) is 11.1.